The van der Waals surface area contributed by atoms with Crippen LogP contribution in [-0.4, -0.2) is 35.1 Å². The lowest BCUT2D eigenvalue weighted by molar-refractivity contribution is -0.142. The van der Waals surface area contributed by atoms with Crippen molar-refractivity contribution < 1.29 is 9.90 Å². The van der Waals surface area contributed by atoms with Gasteiger partial charge in [-0.15, -0.1) is 0 Å². The van der Waals surface area contributed by atoms with Gasteiger partial charge in [0.15, 0.2) is 0 Å². The molecule has 1 saturated heterocycles. The Morgan fingerprint density at radius 2 is 1.63 bits per heavy atom. The van der Waals surface area contributed by atoms with Crippen LogP contribution in [0.25, 0.3) is 0 Å². The minimum absolute atomic E-state index is 0.173. The number of rotatable bonds is 2. The van der Waals surface area contributed by atoms with Gasteiger partial charge in [0.2, 0.25) is 0 Å². The summed E-state index contributed by atoms with van der Waals surface area (Å²) in [7, 11) is 0. The predicted molar refractivity (Wildman–Crippen MR) is 77.1 cm³/mol. The Morgan fingerprint density at radius 3 is 2.05 bits per heavy atom. The second-order valence-corrected chi connectivity index (χ2v) is 8.44. The molecule has 1 heterocycles. The van der Waals surface area contributed by atoms with E-state index in [1.807, 2.05) is 0 Å². The molecule has 19 heavy (non-hydrogen) atoms. The molecule has 2 aliphatic rings. The molecule has 0 aromatic carbocycles. The molecular weight excluding hydrogens is 238 g/mol. The molecule has 0 aromatic rings. The Labute approximate surface area is 117 Å². The molecule has 1 aliphatic heterocycles. The van der Waals surface area contributed by atoms with E-state index in [0.29, 0.717) is 16.9 Å². The van der Waals surface area contributed by atoms with Crippen molar-refractivity contribution in [2.75, 3.05) is 13.1 Å². The van der Waals surface area contributed by atoms with Crippen LogP contribution in [0.4, 0.5) is 0 Å². The van der Waals surface area contributed by atoms with Gasteiger partial charge >= 0.3 is 5.97 Å². The molecule has 0 bridgehead atoms. The summed E-state index contributed by atoms with van der Waals surface area (Å²) in [4.78, 5) is 13.7. The summed E-state index contributed by atoms with van der Waals surface area (Å²) in [5, 5.41) is 9.28. The molecule has 110 valence electrons. The maximum absolute atomic E-state index is 11.3. The van der Waals surface area contributed by atoms with Gasteiger partial charge < -0.3 is 5.11 Å². The van der Waals surface area contributed by atoms with Gasteiger partial charge in [0.1, 0.15) is 0 Å². The van der Waals surface area contributed by atoms with E-state index in [9.17, 15) is 9.90 Å². The molecule has 2 fully saturated rings. The average Bonchev–Trinajstić information content (AvgIpc) is 2.55. The first kappa shape index (κ1) is 14.8. The molecule has 2 rings (SSSR count). The van der Waals surface area contributed by atoms with Crippen molar-refractivity contribution in [2.24, 2.45) is 22.7 Å². The van der Waals surface area contributed by atoms with E-state index in [1.165, 1.54) is 19.3 Å². The second kappa shape index (κ2) is 4.76. The average molecular weight is 267 g/mol. The fraction of sp³-hybridized carbons (Fsp3) is 0.938. The SMILES string of the molecule is C[C@@H]1CN(C2CC(C)(C)CC(C)(C)C2)C[C@H]1C(=O)O. The Morgan fingerprint density at radius 1 is 1.11 bits per heavy atom. The lowest BCUT2D eigenvalue weighted by Gasteiger charge is -2.48. The van der Waals surface area contributed by atoms with Crippen LogP contribution in [0.3, 0.4) is 0 Å². The molecule has 1 saturated carbocycles. The monoisotopic (exact) mass is 267 g/mol. The van der Waals surface area contributed by atoms with E-state index in [-0.39, 0.29) is 11.8 Å². The second-order valence-electron chi connectivity index (χ2n) is 8.44. The van der Waals surface area contributed by atoms with Crippen molar-refractivity contribution in [1.82, 2.24) is 4.90 Å². The smallest absolute Gasteiger partial charge is 0.308 e. The highest BCUT2D eigenvalue weighted by Gasteiger charge is 2.44. The van der Waals surface area contributed by atoms with E-state index in [0.717, 1.165) is 13.1 Å². The molecule has 0 spiro atoms. The third kappa shape index (κ3) is 3.31. The summed E-state index contributed by atoms with van der Waals surface area (Å²) in [6, 6.07) is 0.561. The number of carbonyl (C=O) groups is 1. The van der Waals surface area contributed by atoms with Crippen molar-refractivity contribution in [3.8, 4) is 0 Å². The van der Waals surface area contributed by atoms with Crippen molar-refractivity contribution in [2.45, 2.75) is 59.9 Å². The summed E-state index contributed by atoms with van der Waals surface area (Å²) in [5.74, 6) is -0.511. The van der Waals surface area contributed by atoms with Gasteiger partial charge in [0.05, 0.1) is 5.92 Å². The third-order valence-corrected chi connectivity index (χ3v) is 5.01. The quantitative estimate of drug-likeness (QED) is 0.835. The van der Waals surface area contributed by atoms with Crippen LogP contribution in [0.1, 0.15) is 53.9 Å². The highest BCUT2D eigenvalue weighted by Crippen LogP contribution is 2.48. The lowest BCUT2D eigenvalue weighted by atomic mass is 9.63. The van der Waals surface area contributed by atoms with E-state index in [4.69, 9.17) is 0 Å². The lowest BCUT2D eigenvalue weighted by Crippen LogP contribution is -2.45. The van der Waals surface area contributed by atoms with Crippen LogP contribution < -0.4 is 0 Å². The predicted octanol–water partition coefficient (Wildman–Crippen LogP) is 3.24. The molecule has 0 amide bonds. The summed E-state index contributed by atoms with van der Waals surface area (Å²) >= 11 is 0. The Kier molecular flexibility index (Phi) is 3.72. The van der Waals surface area contributed by atoms with Gasteiger partial charge in [-0.1, -0.05) is 34.6 Å². The van der Waals surface area contributed by atoms with Crippen molar-refractivity contribution in [1.29, 1.82) is 0 Å². The maximum atomic E-state index is 11.3. The van der Waals surface area contributed by atoms with Crippen molar-refractivity contribution in [3.05, 3.63) is 0 Å². The Balaban J connectivity index is 2.08. The van der Waals surface area contributed by atoms with Crippen molar-refractivity contribution >= 4 is 5.97 Å². The number of carboxylic acid groups (broad SMARTS) is 1. The Hall–Kier alpha value is -0.570. The number of carboxylic acids is 1. The minimum atomic E-state index is -0.621. The largest absolute Gasteiger partial charge is 0.481 e. The zero-order valence-electron chi connectivity index (χ0n) is 13.1. The summed E-state index contributed by atoms with van der Waals surface area (Å²) in [6.07, 6.45) is 3.67. The molecule has 1 aliphatic carbocycles. The van der Waals surface area contributed by atoms with E-state index in [1.54, 1.807) is 0 Å². The molecule has 0 aromatic heterocycles. The van der Waals surface area contributed by atoms with Gasteiger partial charge in [-0.05, 0) is 36.0 Å². The highest BCUT2D eigenvalue weighted by molar-refractivity contribution is 5.71. The van der Waals surface area contributed by atoms with Gasteiger partial charge in [-0.25, -0.2) is 0 Å². The van der Waals surface area contributed by atoms with Crippen LogP contribution in [0.15, 0.2) is 0 Å². The number of hydrogen-bond donors (Lipinski definition) is 1. The topological polar surface area (TPSA) is 40.5 Å². The first-order valence-electron chi connectivity index (χ1n) is 7.56. The van der Waals surface area contributed by atoms with Crippen molar-refractivity contribution in [3.63, 3.8) is 0 Å². The molecule has 2 atom stereocenters. The van der Waals surface area contributed by atoms with Crippen LogP contribution in [0.2, 0.25) is 0 Å². The van der Waals surface area contributed by atoms with Gasteiger partial charge in [0, 0.05) is 19.1 Å². The number of hydrogen-bond acceptors (Lipinski definition) is 2. The van der Waals surface area contributed by atoms with Crippen LogP contribution in [-0.2, 0) is 4.79 Å². The maximum Gasteiger partial charge on any atom is 0.308 e. The fourth-order valence-corrected chi connectivity index (χ4v) is 4.67. The summed E-state index contributed by atoms with van der Waals surface area (Å²) in [6.45, 7) is 13.2. The zero-order valence-corrected chi connectivity index (χ0v) is 13.1. The third-order valence-electron chi connectivity index (χ3n) is 5.01. The van der Waals surface area contributed by atoms with Crippen LogP contribution >= 0.6 is 0 Å². The normalized spacial score (nSPS) is 35.4. The standard InChI is InChI=1S/C16H29NO2/c1-11-8-17(9-13(11)14(18)19)12-6-15(2,3)10-16(4,5)7-12/h11-13H,6-10H2,1-5H3,(H,18,19)/t11-,13-/m1/s1. The molecule has 3 heteroatoms. The zero-order chi connectivity index (χ0) is 14.4. The van der Waals surface area contributed by atoms with Gasteiger partial charge in [0.25, 0.3) is 0 Å². The van der Waals surface area contributed by atoms with Gasteiger partial charge in [-0.2, -0.15) is 0 Å². The fourth-order valence-electron chi connectivity index (χ4n) is 4.67. The molecule has 3 nitrogen and oxygen atoms in total. The van der Waals surface area contributed by atoms with E-state index >= 15 is 0 Å². The molecular formula is C16H29NO2. The number of nitrogens with zero attached hydrogens (tertiary/aromatic N) is 1. The number of likely N-dealkylation sites (tertiary alicyclic amines) is 1. The first-order valence-corrected chi connectivity index (χ1v) is 7.56. The molecule has 1 N–H and O–H groups in total. The summed E-state index contributed by atoms with van der Waals surface area (Å²) in [5.41, 5.74) is 0.744. The summed E-state index contributed by atoms with van der Waals surface area (Å²) < 4.78 is 0. The minimum Gasteiger partial charge on any atom is -0.481 e. The highest BCUT2D eigenvalue weighted by atomic mass is 16.4. The Bertz CT molecular complexity index is 346. The van der Waals surface area contributed by atoms with Gasteiger partial charge in [-0.3, -0.25) is 9.69 Å². The van der Waals surface area contributed by atoms with Crippen LogP contribution in [0.5, 0.6) is 0 Å². The van der Waals surface area contributed by atoms with Crippen LogP contribution in [0, 0.1) is 22.7 Å². The molecule has 0 radical (unpaired) electrons. The van der Waals surface area contributed by atoms with E-state index in [2.05, 4.69) is 39.5 Å². The first-order chi connectivity index (χ1) is 8.60. The van der Waals surface area contributed by atoms with E-state index < -0.39 is 5.97 Å². The number of aliphatic carboxylic acids is 1. The molecule has 0 unspecified atom stereocenters.